The van der Waals surface area contributed by atoms with Crippen LogP contribution in [0.5, 0.6) is 17.2 Å². The molecule has 0 fully saturated rings. The lowest BCUT2D eigenvalue weighted by Crippen LogP contribution is -2.12. The number of nitrogens with two attached hydrogens (primary N) is 1. The predicted molar refractivity (Wildman–Crippen MR) is 118 cm³/mol. The van der Waals surface area contributed by atoms with Gasteiger partial charge in [-0.2, -0.15) is 0 Å². The van der Waals surface area contributed by atoms with Gasteiger partial charge >= 0.3 is 0 Å². The van der Waals surface area contributed by atoms with Crippen molar-refractivity contribution < 1.29 is 19.0 Å². The molecule has 2 N–H and O–H groups in total. The second-order valence-electron chi connectivity index (χ2n) is 7.18. The van der Waals surface area contributed by atoms with E-state index in [1.807, 2.05) is 57.1 Å². The lowest BCUT2D eigenvalue weighted by molar-refractivity contribution is 0.102. The highest BCUT2D eigenvalue weighted by molar-refractivity contribution is 6.13. The van der Waals surface area contributed by atoms with E-state index in [2.05, 4.69) is 0 Å². The fourth-order valence-corrected chi connectivity index (χ4v) is 3.18. The standard InChI is InChI=1S/C23H30N2O4/c1-14(2)17(12-15-8-10-19(25(3)4)18(24)13-15)21(26)16-9-11-20(27-5)23(29-7)22(16)28-6/h8-14H,24H2,1-7H3. The van der Waals surface area contributed by atoms with Gasteiger partial charge in [-0.15, -0.1) is 0 Å². The van der Waals surface area contributed by atoms with E-state index in [1.54, 1.807) is 19.2 Å². The number of hydrogen-bond donors (Lipinski definition) is 1. The lowest BCUT2D eigenvalue weighted by Gasteiger charge is -2.18. The summed E-state index contributed by atoms with van der Waals surface area (Å²) in [5.74, 6) is 1.11. The average molecular weight is 399 g/mol. The smallest absolute Gasteiger partial charge is 0.204 e. The SMILES string of the molecule is COc1ccc(C(=O)C(=Cc2ccc(N(C)C)c(N)c2)C(C)C)c(OC)c1OC. The van der Waals surface area contributed by atoms with E-state index in [4.69, 9.17) is 19.9 Å². The van der Waals surface area contributed by atoms with Crippen molar-refractivity contribution in [3.63, 3.8) is 0 Å². The first-order valence-electron chi connectivity index (χ1n) is 9.37. The van der Waals surface area contributed by atoms with Crippen LogP contribution in [0, 0.1) is 5.92 Å². The van der Waals surface area contributed by atoms with Crippen molar-refractivity contribution in [2.24, 2.45) is 5.92 Å². The Bertz CT molecular complexity index is 917. The molecule has 6 nitrogen and oxygen atoms in total. The van der Waals surface area contributed by atoms with Crippen molar-refractivity contribution in [1.82, 2.24) is 0 Å². The van der Waals surface area contributed by atoms with E-state index in [-0.39, 0.29) is 11.7 Å². The van der Waals surface area contributed by atoms with Crippen LogP contribution < -0.4 is 24.8 Å². The third-order valence-electron chi connectivity index (χ3n) is 4.69. The van der Waals surface area contributed by atoms with Gasteiger partial charge in [-0.1, -0.05) is 19.9 Å². The molecule has 0 amide bonds. The van der Waals surface area contributed by atoms with Crippen molar-refractivity contribution in [2.75, 3.05) is 46.1 Å². The number of hydrogen-bond acceptors (Lipinski definition) is 6. The van der Waals surface area contributed by atoms with Crippen LogP contribution in [0.4, 0.5) is 11.4 Å². The van der Waals surface area contributed by atoms with E-state index in [0.717, 1.165) is 11.3 Å². The Morgan fingerprint density at radius 3 is 2.14 bits per heavy atom. The minimum Gasteiger partial charge on any atom is -0.493 e. The molecule has 0 aromatic heterocycles. The summed E-state index contributed by atoms with van der Waals surface area (Å²) in [5.41, 5.74) is 9.69. The molecule has 6 heteroatoms. The molecule has 0 saturated heterocycles. The number of Topliss-reactive ketones (excluding diaryl/α,β-unsaturated/α-hetero) is 1. The number of ether oxygens (including phenoxy) is 3. The number of rotatable bonds is 8. The molecule has 29 heavy (non-hydrogen) atoms. The summed E-state index contributed by atoms with van der Waals surface area (Å²) in [7, 11) is 8.44. The number of nitrogen functional groups attached to an aromatic ring is 1. The van der Waals surface area contributed by atoms with Crippen molar-refractivity contribution in [2.45, 2.75) is 13.8 Å². The van der Waals surface area contributed by atoms with Gasteiger partial charge < -0.3 is 24.8 Å². The molecule has 0 bridgehead atoms. The number of methoxy groups -OCH3 is 3. The number of carbonyl (C=O) groups is 1. The topological polar surface area (TPSA) is 74.0 Å². The Morgan fingerprint density at radius 2 is 1.66 bits per heavy atom. The molecule has 0 aliphatic rings. The van der Waals surface area contributed by atoms with Gasteiger partial charge in [-0.3, -0.25) is 4.79 Å². The first kappa shape index (κ1) is 22.1. The van der Waals surface area contributed by atoms with Crippen molar-refractivity contribution in [1.29, 1.82) is 0 Å². The molecule has 2 aromatic carbocycles. The Labute approximate surface area is 172 Å². The molecule has 2 aromatic rings. The summed E-state index contributed by atoms with van der Waals surface area (Å²) in [4.78, 5) is 15.4. The number of anilines is 2. The minimum absolute atomic E-state index is 0.00458. The lowest BCUT2D eigenvalue weighted by atomic mass is 9.91. The maximum absolute atomic E-state index is 13.4. The highest BCUT2D eigenvalue weighted by atomic mass is 16.5. The van der Waals surface area contributed by atoms with Crippen LogP contribution in [0.2, 0.25) is 0 Å². The molecule has 2 rings (SSSR count). The van der Waals surface area contributed by atoms with Crippen LogP contribution in [0.25, 0.3) is 6.08 Å². The quantitative estimate of drug-likeness (QED) is 0.406. The predicted octanol–water partition coefficient (Wildman–Crippen LogP) is 4.28. The fourth-order valence-electron chi connectivity index (χ4n) is 3.18. The zero-order chi connectivity index (χ0) is 21.7. The number of nitrogens with zero attached hydrogens (tertiary/aromatic N) is 1. The minimum atomic E-state index is -0.131. The summed E-state index contributed by atoms with van der Waals surface area (Å²) in [5, 5.41) is 0. The first-order valence-corrected chi connectivity index (χ1v) is 9.37. The molecule has 0 aliphatic carbocycles. The molecular formula is C23H30N2O4. The number of ketones is 1. The fraction of sp³-hybridized carbons (Fsp3) is 0.348. The summed E-state index contributed by atoms with van der Waals surface area (Å²) >= 11 is 0. The van der Waals surface area contributed by atoms with E-state index < -0.39 is 0 Å². The van der Waals surface area contributed by atoms with E-state index in [1.165, 1.54) is 14.2 Å². The zero-order valence-electron chi connectivity index (χ0n) is 18.2. The molecule has 156 valence electrons. The first-order chi connectivity index (χ1) is 13.7. The summed E-state index contributed by atoms with van der Waals surface area (Å²) in [6.07, 6.45) is 1.87. The van der Waals surface area contributed by atoms with Crippen LogP contribution in [0.3, 0.4) is 0 Å². The Hall–Kier alpha value is -3.15. The number of carbonyl (C=O) groups excluding carboxylic acids is 1. The largest absolute Gasteiger partial charge is 0.493 e. The summed E-state index contributed by atoms with van der Waals surface area (Å²) in [6.45, 7) is 3.96. The second-order valence-corrected chi connectivity index (χ2v) is 7.18. The normalized spacial score (nSPS) is 11.4. The zero-order valence-corrected chi connectivity index (χ0v) is 18.2. The summed E-state index contributed by atoms with van der Waals surface area (Å²) in [6, 6.07) is 9.17. The summed E-state index contributed by atoms with van der Waals surface area (Å²) < 4.78 is 16.2. The van der Waals surface area contributed by atoms with Crippen LogP contribution in [-0.2, 0) is 0 Å². The molecule has 0 radical (unpaired) electrons. The molecule has 0 heterocycles. The number of allylic oxidation sites excluding steroid dienone is 1. The van der Waals surface area contributed by atoms with Crippen molar-refractivity contribution >= 4 is 23.2 Å². The van der Waals surface area contributed by atoms with Gasteiger partial charge in [0.15, 0.2) is 17.3 Å². The molecule has 0 spiro atoms. The molecule has 0 saturated carbocycles. The van der Waals surface area contributed by atoms with Gasteiger partial charge in [0, 0.05) is 19.7 Å². The van der Waals surface area contributed by atoms with Crippen LogP contribution in [-0.4, -0.2) is 41.2 Å². The highest BCUT2D eigenvalue weighted by Gasteiger charge is 2.24. The van der Waals surface area contributed by atoms with Crippen LogP contribution in [0.1, 0.15) is 29.8 Å². The average Bonchev–Trinajstić information content (AvgIpc) is 2.69. The van der Waals surface area contributed by atoms with Crippen molar-refractivity contribution in [3.05, 3.63) is 47.0 Å². The number of benzene rings is 2. The van der Waals surface area contributed by atoms with Gasteiger partial charge in [-0.25, -0.2) is 0 Å². The van der Waals surface area contributed by atoms with Crippen LogP contribution >= 0.6 is 0 Å². The third kappa shape index (κ3) is 4.65. The van der Waals surface area contributed by atoms with Gasteiger partial charge in [0.25, 0.3) is 0 Å². The van der Waals surface area contributed by atoms with E-state index in [0.29, 0.717) is 34.1 Å². The van der Waals surface area contributed by atoms with Gasteiger partial charge in [0.2, 0.25) is 5.75 Å². The Kier molecular flexibility index (Phi) is 7.15. The maximum atomic E-state index is 13.4. The maximum Gasteiger partial charge on any atom is 0.204 e. The third-order valence-corrected chi connectivity index (χ3v) is 4.69. The Morgan fingerprint density at radius 1 is 1.00 bits per heavy atom. The Balaban J connectivity index is 2.56. The monoisotopic (exact) mass is 398 g/mol. The molecule has 0 unspecified atom stereocenters. The van der Waals surface area contributed by atoms with E-state index in [9.17, 15) is 4.79 Å². The van der Waals surface area contributed by atoms with Gasteiger partial charge in [0.05, 0.1) is 38.3 Å². The van der Waals surface area contributed by atoms with E-state index >= 15 is 0 Å². The van der Waals surface area contributed by atoms with Crippen molar-refractivity contribution in [3.8, 4) is 17.2 Å². The van der Waals surface area contributed by atoms with Crippen LogP contribution in [0.15, 0.2) is 35.9 Å². The molecule has 0 aliphatic heterocycles. The van der Waals surface area contributed by atoms with Gasteiger partial charge in [-0.05, 0) is 41.8 Å². The van der Waals surface area contributed by atoms with Gasteiger partial charge in [0.1, 0.15) is 0 Å². The second kappa shape index (κ2) is 9.37. The molecular weight excluding hydrogens is 368 g/mol. The highest BCUT2D eigenvalue weighted by Crippen LogP contribution is 2.41. The molecule has 0 atom stereocenters.